The third-order valence-corrected chi connectivity index (χ3v) is 4.81. The molecule has 27 heavy (non-hydrogen) atoms. The summed E-state index contributed by atoms with van der Waals surface area (Å²) in [5.41, 5.74) is 3.22. The second-order valence-electron chi connectivity index (χ2n) is 6.98. The Bertz CT molecular complexity index is 727. The van der Waals surface area contributed by atoms with Gasteiger partial charge in [-0.05, 0) is 43.0 Å². The van der Waals surface area contributed by atoms with E-state index in [0.717, 1.165) is 18.4 Å². The van der Waals surface area contributed by atoms with Gasteiger partial charge < -0.3 is 19.9 Å². The van der Waals surface area contributed by atoms with E-state index in [4.69, 9.17) is 14.6 Å². The molecule has 2 atom stereocenters. The molecule has 0 radical (unpaired) electrons. The number of aliphatic hydroxyl groups is 1. The quantitative estimate of drug-likeness (QED) is 0.788. The van der Waals surface area contributed by atoms with Crippen molar-refractivity contribution >= 4 is 5.91 Å². The topological polar surface area (TPSA) is 67.8 Å². The van der Waals surface area contributed by atoms with Crippen molar-refractivity contribution in [1.82, 2.24) is 5.32 Å². The molecule has 1 aliphatic rings. The van der Waals surface area contributed by atoms with Gasteiger partial charge in [-0.1, -0.05) is 42.0 Å². The summed E-state index contributed by atoms with van der Waals surface area (Å²) in [6, 6.07) is 15.5. The third-order valence-electron chi connectivity index (χ3n) is 4.81. The van der Waals surface area contributed by atoms with E-state index in [1.807, 2.05) is 24.3 Å². The van der Waals surface area contributed by atoms with E-state index in [-0.39, 0.29) is 24.7 Å². The first-order valence-electron chi connectivity index (χ1n) is 9.43. The summed E-state index contributed by atoms with van der Waals surface area (Å²) in [6.45, 7) is 3.13. The summed E-state index contributed by atoms with van der Waals surface area (Å²) in [6.07, 6.45) is 1.69. The van der Waals surface area contributed by atoms with Crippen LogP contribution in [0.2, 0.25) is 0 Å². The number of aliphatic hydroxyl groups excluding tert-OH is 1. The van der Waals surface area contributed by atoms with Gasteiger partial charge >= 0.3 is 0 Å². The number of benzene rings is 2. The highest BCUT2D eigenvalue weighted by Crippen LogP contribution is 2.19. The molecule has 2 aromatic carbocycles. The monoisotopic (exact) mass is 369 g/mol. The van der Waals surface area contributed by atoms with Crippen molar-refractivity contribution in [2.45, 2.75) is 44.9 Å². The van der Waals surface area contributed by atoms with Crippen LogP contribution in [0.25, 0.3) is 0 Å². The zero-order valence-corrected chi connectivity index (χ0v) is 15.7. The SMILES string of the molecule is Cc1ccc(CCC(=O)N[C@@H]2CCOC[C@H]2Oc2ccc(CO)cc2)cc1. The Morgan fingerprint density at radius 1 is 1.15 bits per heavy atom. The molecule has 2 N–H and O–H groups in total. The Balaban J connectivity index is 1.52. The number of hydrogen-bond donors (Lipinski definition) is 2. The van der Waals surface area contributed by atoms with Crippen LogP contribution in [0.1, 0.15) is 29.5 Å². The van der Waals surface area contributed by atoms with Gasteiger partial charge in [0.05, 0.1) is 19.3 Å². The first-order chi connectivity index (χ1) is 13.1. The Morgan fingerprint density at radius 3 is 2.56 bits per heavy atom. The smallest absolute Gasteiger partial charge is 0.220 e. The van der Waals surface area contributed by atoms with Gasteiger partial charge in [-0.25, -0.2) is 0 Å². The zero-order chi connectivity index (χ0) is 19.1. The lowest BCUT2D eigenvalue weighted by Gasteiger charge is -2.32. The molecule has 5 heteroatoms. The van der Waals surface area contributed by atoms with Crippen molar-refractivity contribution in [1.29, 1.82) is 0 Å². The number of nitrogens with one attached hydrogen (secondary N) is 1. The van der Waals surface area contributed by atoms with Crippen molar-refractivity contribution < 1.29 is 19.4 Å². The minimum atomic E-state index is -0.220. The van der Waals surface area contributed by atoms with Crippen LogP contribution in [0, 0.1) is 6.92 Å². The van der Waals surface area contributed by atoms with Crippen molar-refractivity contribution in [3.63, 3.8) is 0 Å². The predicted octanol–water partition coefficient (Wildman–Crippen LogP) is 2.77. The zero-order valence-electron chi connectivity index (χ0n) is 15.7. The number of hydrogen-bond acceptors (Lipinski definition) is 4. The Morgan fingerprint density at radius 2 is 1.85 bits per heavy atom. The predicted molar refractivity (Wildman–Crippen MR) is 104 cm³/mol. The standard InChI is InChI=1S/C22H27NO4/c1-16-2-4-17(5-3-16)8-11-22(25)23-20-12-13-26-15-21(20)27-19-9-6-18(14-24)7-10-19/h2-7,9-10,20-21,24H,8,11-15H2,1H3,(H,23,25)/t20-,21-/m1/s1. The summed E-state index contributed by atoms with van der Waals surface area (Å²) >= 11 is 0. The highest BCUT2D eigenvalue weighted by Gasteiger charge is 2.28. The number of carbonyl (C=O) groups excluding carboxylic acids is 1. The highest BCUT2D eigenvalue weighted by molar-refractivity contribution is 5.76. The number of aryl methyl sites for hydroxylation is 2. The van der Waals surface area contributed by atoms with Gasteiger partial charge in [0.15, 0.2) is 0 Å². The van der Waals surface area contributed by atoms with Gasteiger partial charge in [0.25, 0.3) is 0 Å². The van der Waals surface area contributed by atoms with Gasteiger partial charge in [0.1, 0.15) is 11.9 Å². The summed E-state index contributed by atoms with van der Waals surface area (Å²) in [7, 11) is 0. The molecule has 5 nitrogen and oxygen atoms in total. The van der Waals surface area contributed by atoms with Crippen LogP contribution >= 0.6 is 0 Å². The van der Waals surface area contributed by atoms with E-state index in [2.05, 4.69) is 36.5 Å². The average Bonchev–Trinajstić information content (AvgIpc) is 2.70. The Kier molecular flexibility index (Phi) is 6.85. The first-order valence-corrected chi connectivity index (χ1v) is 9.43. The van der Waals surface area contributed by atoms with E-state index < -0.39 is 0 Å². The molecule has 0 spiro atoms. The van der Waals surface area contributed by atoms with Crippen LogP contribution in [-0.2, 0) is 22.6 Å². The van der Waals surface area contributed by atoms with E-state index in [0.29, 0.717) is 25.4 Å². The minimum Gasteiger partial charge on any atom is -0.486 e. The maximum absolute atomic E-state index is 12.4. The Labute approximate surface area is 160 Å². The van der Waals surface area contributed by atoms with Crippen LogP contribution < -0.4 is 10.1 Å². The maximum Gasteiger partial charge on any atom is 0.220 e. The molecule has 1 fully saturated rings. The van der Waals surface area contributed by atoms with Crippen molar-refractivity contribution in [2.24, 2.45) is 0 Å². The van der Waals surface area contributed by atoms with Crippen LogP contribution in [0.3, 0.4) is 0 Å². The summed E-state index contributed by atoms with van der Waals surface area (Å²) < 4.78 is 11.6. The lowest BCUT2D eigenvalue weighted by molar-refractivity contribution is -0.123. The molecular formula is C22H27NO4. The van der Waals surface area contributed by atoms with E-state index >= 15 is 0 Å². The second kappa shape index (κ2) is 9.53. The van der Waals surface area contributed by atoms with Crippen molar-refractivity contribution in [3.05, 3.63) is 65.2 Å². The average molecular weight is 369 g/mol. The van der Waals surface area contributed by atoms with E-state index in [9.17, 15) is 4.79 Å². The fourth-order valence-electron chi connectivity index (χ4n) is 3.13. The van der Waals surface area contributed by atoms with Crippen LogP contribution in [-0.4, -0.2) is 36.4 Å². The van der Waals surface area contributed by atoms with Gasteiger partial charge in [0, 0.05) is 13.0 Å². The lowest BCUT2D eigenvalue weighted by Crippen LogP contribution is -2.51. The lowest BCUT2D eigenvalue weighted by atomic mass is 10.0. The molecule has 2 aromatic rings. The highest BCUT2D eigenvalue weighted by atomic mass is 16.5. The van der Waals surface area contributed by atoms with Gasteiger partial charge in [0.2, 0.25) is 5.91 Å². The fourth-order valence-corrected chi connectivity index (χ4v) is 3.13. The van der Waals surface area contributed by atoms with Crippen molar-refractivity contribution in [2.75, 3.05) is 13.2 Å². The molecule has 1 heterocycles. The molecule has 0 aliphatic carbocycles. The summed E-state index contributed by atoms with van der Waals surface area (Å²) in [5.74, 6) is 0.744. The summed E-state index contributed by atoms with van der Waals surface area (Å²) in [5, 5.41) is 12.2. The van der Waals surface area contributed by atoms with Crippen LogP contribution in [0.15, 0.2) is 48.5 Å². The molecule has 0 unspecified atom stereocenters. The van der Waals surface area contributed by atoms with E-state index in [1.54, 1.807) is 0 Å². The Hall–Kier alpha value is -2.37. The second-order valence-corrected chi connectivity index (χ2v) is 6.98. The van der Waals surface area contributed by atoms with Crippen molar-refractivity contribution in [3.8, 4) is 5.75 Å². The number of amides is 1. The normalized spacial score (nSPS) is 19.5. The number of carbonyl (C=O) groups is 1. The molecular weight excluding hydrogens is 342 g/mol. The minimum absolute atomic E-state index is 0.00643. The molecule has 1 amide bonds. The van der Waals surface area contributed by atoms with Gasteiger partial charge in [-0.2, -0.15) is 0 Å². The number of ether oxygens (including phenoxy) is 2. The molecule has 0 bridgehead atoms. The fraction of sp³-hybridized carbons (Fsp3) is 0.409. The largest absolute Gasteiger partial charge is 0.486 e. The molecule has 144 valence electrons. The third kappa shape index (κ3) is 5.81. The first kappa shape index (κ1) is 19.4. The van der Waals surface area contributed by atoms with Crippen LogP contribution in [0.5, 0.6) is 5.75 Å². The molecule has 0 saturated carbocycles. The molecule has 1 aliphatic heterocycles. The molecule has 3 rings (SSSR count). The molecule has 1 saturated heterocycles. The summed E-state index contributed by atoms with van der Waals surface area (Å²) in [4.78, 5) is 12.4. The number of rotatable bonds is 7. The maximum atomic E-state index is 12.4. The van der Waals surface area contributed by atoms with Gasteiger partial charge in [-0.3, -0.25) is 4.79 Å². The van der Waals surface area contributed by atoms with Gasteiger partial charge in [-0.15, -0.1) is 0 Å². The van der Waals surface area contributed by atoms with Crippen LogP contribution in [0.4, 0.5) is 0 Å². The molecule has 0 aromatic heterocycles. The van der Waals surface area contributed by atoms with E-state index in [1.165, 1.54) is 11.1 Å².